The predicted octanol–water partition coefficient (Wildman–Crippen LogP) is 4.49. The van der Waals surface area contributed by atoms with Crippen molar-refractivity contribution in [3.8, 4) is 46.1 Å². The number of amides is 1. The Bertz CT molecular complexity index is 1350. The molecule has 2 aromatic carbocycles. The van der Waals surface area contributed by atoms with Gasteiger partial charge in [0.1, 0.15) is 29.7 Å². The van der Waals surface area contributed by atoms with Crippen molar-refractivity contribution in [2.75, 3.05) is 34.2 Å². The van der Waals surface area contributed by atoms with Gasteiger partial charge < -0.3 is 29.0 Å². The lowest BCUT2D eigenvalue weighted by Crippen LogP contribution is -2.26. The zero-order valence-electron chi connectivity index (χ0n) is 20.9. The molecule has 1 aromatic heterocycles. The van der Waals surface area contributed by atoms with E-state index in [-0.39, 0.29) is 30.8 Å². The Morgan fingerprint density at radius 1 is 1.14 bits per heavy atom. The van der Waals surface area contributed by atoms with Crippen molar-refractivity contribution in [1.82, 2.24) is 10.3 Å². The molecule has 0 radical (unpaired) electrons. The number of hydrogen-bond acceptors (Lipinski definition) is 8. The van der Waals surface area contributed by atoms with Gasteiger partial charge in [-0.25, -0.2) is 4.98 Å². The molecule has 190 valence electrons. The Hall–Kier alpha value is -4.55. The van der Waals surface area contributed by atoms with Crippen LogP contribution in [0.4, 0.5) is 0 Å². The number of pyridine rings is 1. The highest BCUT2D eigenvalue weighted by Crippen LogP contribution is 2.40. The molecule has 3 aromatic rings. The molecule has 0 spiro atoms. The fraction of sp³-hybridized carbons (Fsp3) is 0.250. The molecule has 0 atom stereocenters. The van der Waals surface area contributed by atoms with E-state index >= 15 is 0 Å². The van der Waals surface area contributed by atoms with E-state index in [0.717, 1.165) is 16.8 Å². The molecular formula is C28H27N3O6. The SMILES string of the molecule is CCc1nc(Oc2ccc3c(c2)OCO3)c(C#N)c(-c2ccc(OC)cc2)c1C=CCNC(=O)COC. The highest BCUT2D eigenvalue weighted by molar-refractivity contribution is 5.83. The maximum atomic E-state index is 11.7. The second-order valence-corrected chi connectivity index (χ2v) is 7.98. The lowest BCUT2D eigenvalue weighted by atomic mass is 9.93. The number of aryl methyl sites for hydroxylation is 1. The van der Waals surface area contributed by atoms with E-state index < -0.39 is 0 Å². The number of nitrogens with one attached hydrogen (secondary N) is 1. The van der Waals surface area contributed by atoms with E-state index in [4.69, 9.17) is 28.7 Å². The third-order valence-corrected chi connectivity index (χ3v) is 5.64. The number of carbonyl (C=O) groups excluding carboxylic acids is 1. The number of aromatic nitrogens is 1. The Labute approximate surface area is 215 Å². The van der Waals surface area contributed by atoms with E-state index in [9.17, 15) is 10.1 Å². The smallest absolute Gasteiger partial charge is 0.246 e. The van der Waals surface area contributed by atoms with Crippen LogP contribution in [0.2, 0.25) is 0 Å². The number of benzene rings is 2. The average Bonchev–Trinajstić information content (AvgIpc) is 3.39. The number of fused-ring (bicyclic) bond motifs is 1. The van der Waals surface area contributed by atoms with Crippen LogP contribution in [0.25, 0.3) is 17.2 Å². The van der Waals surface area contributed by atoms with Crippen LogP contribution in [0.3, 0.4) is 0 Å². The fourth-order valence-corrected chi connectivity index (χ4v) is 3.89. The molecular weight excluding hydrogens is 474 g/mol. The minimum Gasteiger partial charge on any atom is -0.497 e. The summed E-state index contributed by atoms with van der Waals surface area (Å²) in [6.45, 7) is 2.41. The second kappa shape index (κ2) is 11.9. The Balaban J connectivity index is 1.78. The first-order chi connectivity index (χ1) is 18.1. The molecule has 1 aliphatic rings. The summed E-state index contributed by atoms with van der Waals surface area (Å²) in [5, 5.41) is 13.0. The quantitative estimate of drug-likeness (QED) is 0.433. The van der Waals surface area contributed by atoms with Gasteiger partial charge in [0.15, 0.2) is 11.5 Å². The summed E-state index contributed by atoms with van der Waals surface area (Å²) >= 11 is 0. The van der Waals surface area contributed by atoms with E-state index in [0.29, 0.717) is 41.5 Å². The number of rotatable bonds is 10. The third kappa shape index (κ3) is 5.82. The Morgan fingerprint density at radius 2 is 1.89 bits per heavy atom. The van der Waals surface area contributed by atoms with Gasteiger partial charge in [0.2, 0.25) is 18.6 Å². The van der Waals surface area contributed by atoms with Crippen LogP contribution in [0, 0.1) is 11.3 Å². The summed E-state index contributed by atoms with van der Waals surface area (Å²) in [7, 11) is 3.06. The standard InChI is InChI=1S/C28H27N3O6/c1-4-23-21(6-5-13-30-26(32)16-33-2)27(18-7-9-19(34-3)10-8-18)22(15-29)28(31-23)37-20-11-12-24-25(14-20)36-17-35-24/h5-12,14H,4,13,16-17H2,1-3H3,(H,30,32). The summed E-state index contributed by atoms with van der Waals surface area (Å²) in [5.74, 6) is 2.34. The van der Waals surface area contributed by atoms with Crippen LogP contribution in [0.5, 0.6) is 28.9 Å². The average molecular weight is 502 g/mol. The van der Waals surface area contributed by atoms with Crippen molar-refractivity contribution in [2.24, 2.45) is 0 Å². The van der Waals surface area contributed by atoms with Gasteiger partial charge in [0, 0.05) is 30.8 Å². The van der Waals surface area contributed by atoms with E-state index in [1.54, 1.807) is 25.3 Å². The largest absolute Gasteiger partial charge is 0.497 e. The molecule has 0 fully saturated rings. The summed E-state index contributed by atoms with van der Waals surface area (Å²) in [5.41, 5.74) is 3.26. The molecule has 4 rings (SSSR count). The Kier molecular flexibility index (Phi) is 8.23. The number of hydrogen-bond donors (Lipinski definition) is 1. The van der Waals surface area contributed by atoms with Crippen molar-refractivity contribution in [3.63, 3.8) is 0 Å². The molecule has 9 heteroatoms. The minimum atomic E-state index is -0.221. The van der Waals surface area contributed by atoms with Crippen LogP contribution in [0.1, 0.15) is 23.7 Å². The number of ether oxygens (including phenoxy) is 5. The first-order valence-corrected chi connectivity index (χ1v) is 11.7. The monoisotopic (exact) mass is 501 g/mol. The summed E-state index contributed by atoms with van der Waals surface area (Å²) in [4.78, 5) is 16.5. The maximum absolute atomic E-state index is 11.7. The topological polar surface area (TPSA) is 112 Å². The first-order valence-electron chi connectivity index (χ1n) is 11.7. The lowest BCUT2D eigenvalue weighted by molar-refractivity contribution is -0.124. The summed E-state index contributed by atoms with van der Waals surface area (Å²) in [6.07, 6.45) is 4.27. The van der Waals surface area contributed by atoms with Gasteiger partial charge in [-0.3, -0.25) is 4.79 Å². The van der Waals surface area contributed by atoms with Crippen LogP contribution in [0.15, 0.2) is 48.5 Å². The van der Waals surface area contributed by atoms with E-state index in [1.807, 2.05) is 43.3 Å². The second-order valence-electron chi connectivity index (χ2n) is 7.98. The fourth-order valence-electron chi connectivity index (χ4n) is 3.89. The third-order valence-electron chi connectivity index (χ3n) is 5.64. The van der Waals surface area contributed by atoms with Gasteiger partial charge in [-0.1, -0.05) is 31.2 Å². The highest BCUT2D eigenvalue weighted by Gasteiger charge is 2.22. The van der Waals surface area contributed by atoms with Crippen molar-refractivity contribution >= 4 is 12.0 Å². The molecule has 1 N–H and O–H groups in total. The van der Waals surface area contributed by atoms with Gasteiger partial charge in [-0.2, -0.15) is 5.26 Å². The van der Waals surface area contributed by atoms with Crippen LogP contribution in [-0.2, 0) is 16.0 Å². The molecule has 0 aliphatic carbocycles. The molecule has 1 amide bonds. The molecule has 2 heterocycles. The molecule has 0 saturated carbocycles. The summed E-state index contributed by atoms with van der Waals surface area (Å²) < 4.78 is 27.1. The van der Waals surface area contributed by atoms with Crippen LogP contribution >= 0.6 is 0 Å². The molecule has 0 bridgehead atoms. The zero-order valence-corrected chi connectivity index (χ0v) is 20.9. The van der Waals surface area contributed by atoms with Crippen molar-refractivity contribution in [2.45, 2.75) is 13.3 Å². The van der Waals surface area contributed by atoms with Crippen molar-refractivity contribution in [1.29, 1.82) is 5.26 Å². The van der Waals surface area contributed by atoms with Gasteiger partial charge in [-0.05, 0) is 36.2 Å². The highest BCUT2D eigenvalue weighted by atomic mass is 16.7. The summed E-state index contributed by atoms with van der Waals surface area (Å²) in [6, 6.07) is 14.9. The molecule has 0 unspecified atom stereocenters. The van der Waals surface area contributed by atoms with Crippen molar-refractivity contribution < 1.29 is 28.5 Å². The van der Waals surface area contributed by atoms with Gasteiger partial charge >= 0.3 is 0 Å². The lowest BCUT2D eigenvalue weighted by Gasteiger charge is -2.17. The number of nitriles is 1. The van der Waals surface area contributed by atoms with Crippen LogP contribution < -0.4 is 24.3 Å². The first kappa shape index (κ1) is 25.5. The molecule has 9 nitrogen and oxygen atoms in total. The maximum Gasteiger partial charge on any atom is 0.246 e. The van der Waals surface area contributed by atoms with Crippen LogP contribution in [-0.4, -0.2) is 45.1 Å². The van der Waals surface area contributed by atoms with E-state index in [1.165, 1.54) is 7.11 Å². The van der Waals surface area contributed by atoms with E-state index in [2.05, 4.69) is 11.4 Å². The predicted molar refractivity (Wildman–Crippen MR) is 137 cm³/mol. The van der Waals surface area contributed by atoms with Gasteiger partial charge in [-0.15, -0.1) is 0 Å². The van der Waals surface area contributed by atoms with Gasteiger partial charge in [0.05, 0.1) is 12.8 Å². The normalized spacial score (nSPS) is 11.8. The molecule has 1 aliphatic heterocycles. The number of carbonyl (C=O) groups is 1. The van der Waals surface area contributed by atoms with Gasteiger partial charge in [0.25, 0.3) is 0 Å². The van der Waals surface area contributed by atoms with Crippen molar-refractivity contribution in [3.05, 3.63) is 65.4 Å². The Morgan fingerprint density at radius 3 is 2.59 bits per heavy atom. The number of methoxy groups -OCH3 is 2. The number of nitrogens with zero attached hydrogens (tertiary/aromatic N) is 2. The zero-order chi connectivity index (χ0) is 26.2. The minimum absolute atomic E-state index is 0.0167. The molecule has 37 heavy (non-hydrogen) atoms. The molecule has 0 saturated heterocycles.